The topological polar surface area (TPSA) is 78.9 Å². The van der Waals surface area contributed by atoms with E-state index in [0.717, 1.165) is 44.1 Å². The fourth-order valence-corrected chi connectivity index (χ4v) is 5.69. The zero-order valence-electron chi connectivity index (χ0n) is 23.2. The van der Waals surface area contributed by atoms with Crippen molar-refractivity contribution >= 4 is 18.1 Å². The molecule has 38 heavy (non-hydrogen) atoms. The van der Waals surface area contributed by atoms with Crippen LogP contribution >= 0.6 is 0 Å². The third-order valence-corrected chi connectivity index (χ3v) is 7.67. The summed E-state index contributed by atoms with van der Waals surface area (Å²) in [5.74, 6) is -0.526. The second-order valence-electron chi connectivity index (χ2n) is 11.6. The van der Waals surface area contributed by atoms with Crippen LogP contribution in [0.15, 0.2) is 60.2 Å². The Labute approximate surface area is 227 Å². The van der Waals surface area contributed by atoms with Crippen molar-refractivity contribution in [3.8, 4) is 0 Å². The van der Waals surface area contributed by atoms with Gasteiger partial charge >= 0.3 is 12.1 Å². The van der Waals surface area contributed by atoms with Crippen LogP contribution in [0.3, 0.4) is 0 Å². The second kappa shape index (κ2) is 12.2. The maximum absolute atomic E-state index is 13.5. The lowest BCUT2D eigenvalue weighted by Gasteiger charge is -2.38. The van der Waals surface area contributed by atoms with E-state index in [1.165, 1.54) is 11.1 Å². The summed E-state index contributed by atoms with van der Waals surface area (Å²) in [5.41, 5.74) is 3.20. The van der Waals surface area contributed by atoms with Crippen molar-refractivity contribution in [3.05, 3.63) is 76.9 Å². The smallest absolute Gasteiger partial charge is 0.410 e. The molecule has 6 nitrogen and oxygen atoms in total. The van der Waals surface area contributed by atoms with Gasteiger partial charge in [0.2, 0.25) is 0 Å². The first-order valence-electron chi connectivity index (χ1n) is 14.0. The van der Waals surface area contributed by atoms with Crippen molar-refractivity contribution in [2.45, 2.75) is 96.5 Å². The molecule has 0 aromatic heterocycles. The molecule has 2 fully saturated rings. The molecule has 2 aliphatic carbocycles. The number of hydrogen-bond acceptors (Lipinski definition) is 4. The number of nitrogens with one attached hydrogen (secondary N) is 1. The number of ether oxygens (including phenoxy) is 1. The first-order chi connectivity index (χ1) is 18.2. The summed E-state index contributed by atoms with van der Waals surface area (Å²) in [7, 11) is 0. The zero-order chi connectivity index (χ0) is 27.3. The number of carbonyl (C=O) groups is 2. The molecule has 0 bridgehead atoms. The van der Waals surface area contributed by atoms with E-state index in [1.807, 2.05) is 39.0 Å². The minimum atomic E-state index is -0.897. The number of benzene rings is 2. The Balaban J connectivity index is 1.41. The van der Waals surface area contributed by atoms with Gasteiger partial charge in [0.15, 0.2) is 0 Å². The molecule has 0 heterocycles. The van der Waals surface area contributed by atoms with Gasteiger partial charge in [0.1, 0.15) is 5.60 Å². The largest absolute Gasteiger partial charge is 0.478 e. The number of carbonyl (C=O) groups excluding carboxylic acids is 1. The number of carboxylic acids is 1. The molecule has 0 aliphatic heterocycles. The molecule has 0 unspecified atom stereocenters. The van der Waals surface area contributed by atoms with Crippen LogP contribution in [-0.2, 0) is 11.3 Å². The Morgan fingerprint density at radius 3 is 2.32 bits per heavy atom. The summed E-state index contributed by atoms with van der Waals surface area (Å²) >= 11 is 0. The van der Waals surface area contributed by atoms with Crippen LogP contribution in [0.4, 0.5) is 4.79 Å². The average molecular weight is 519 g/mol. The summed E-state index contributed by atoms with van der Waals surface area (Å²) in [4.78, 5) is 27.1. The average Bonchev–Trinajstić information content (AvgIpc) is 3.66. The van der Waals surface area contributed by atoms with Crippen LogP contribution in [0.25, 0.3) is 6.08 Å². The molecule has 2 atom stereocenters. The number of rotatable bonds is 9. The SMILES string of the molecule is CC/C(=C\c1ccccc1)[C@@H]1C[C@H]1N(C(=O)OC(C)(C)C)C1CCC(NCc2ccccc2C(=O)O)CC1. The first-order valence-corrected chi connectivity index (χ1v) is 14.0. The van der Waals surface area contributed by atoms with Crippen molar-refractivity contribution in [1.29, 1.82) is 0 Å². The monoisotopic (exact) mass is 518 g/mol. The van der Waals surface area contributed by atoms with Crippen molar-refractivity contribution in [3.63, 3.8) is 0 Å². The van der Waals surface area contributed by atoms with Gasteiger partial charge in [-0.15, -0.1) is 0 Å². The van der Waals surface area contributed by atoms with E-state index in [2.05, 4.69) is 47.5 Å². The first kappa shape index (κ1) is 27.9. The predicted octanol–water partition coefficient (Wildman–Crippen LogP) is 6.90. The van der Waals surface area contributed by atoms with Crippen LogP contribution in [0.2, 0.25) is 0 Å². The van der Waals surface area contributed by atoms with Gasteiger partial charge in [0, 0.05) is 30.6 Å². The Morgan fingerprint density at radius 2 is 1.68 bits per heavy atom. The molecular formula is C32H42N2O4. The number of nitrogens with zero attached hydrogens (tertiary/aromatic N) is 1. The van der Waals surface area contributed by atoms with Crippen LogP contribution in [0.1, 0.15) is 87.7 Å². The quantitative estimate of drug-likeness (QED) is 0.377. The van der Waals surface area contributed by atoms with Gasteiger partial charge in [-0.05, 0) is 76.5 Å². The summed E-state index contributed by atoms with van der Waals surface area (Å²) in [5, 5.41) is 13.0. The normalized spacial score (nSPS) is 23.5. The van der Waals surface area contributed by atoms with Crippen molar-refractivity contribution in [2.75, 3.05) is 0 Å². The Kier molecular flexibility index (Phi) is 8.93. The van der Waals surface area contributed by atoms with E-state index < -0.39 is 11.6 Å². The van der Waals surface area contributed by atoms with E-state index >= 15 is 0 Å². The van der Waals surface area contributed by atoms with Crippen molar-refractivity contribution < 1.29 is 19.4 Å². The van der Waals surface area contributed by atoms with Gasteiger partial charge in [-0.25, -0.2) is 9.59 Å². The molecule has 0 radical (unpaired) electrons. The lowest BCUT2D eigenvalue weighted by atomic mass is 9.89. The van der Waals surface area contributed by atoms with E-state index in [0.29, 0.717) is 24.1 Å². The maximum Gasteiger partial charge on any atom is 0.410 e. The molecule has 2 saturated carbocycles. The van der Waals surface area contributed by atoms with Crippen LogP contribution in [-0.4, -0.2) is 45.8 Å². The van der Waals surface area contributed by atoms with Gasteiger partial charge < -0.3 is 20.1 Å². The van der Waals surface area contributed by atoms with Crippen molar-refractivity contribution in [1.82, 2.24) is 10.2 Å². The molecule has 2 aromatic rings. The number of aromatic carboxylic acids is 1. The molecule has 0 saturated heterocycles. The highest BCUT2D eigenvalue weighted by Crippen LogP contribution is 2.46. The summed E-state index contributed by atoms with van der Waals surface area (Å²) in [6, 6.07) is 18.2. The van der Waals surface area contributed by atoms with E-state index in [-0.39, 0.29) is 18.2 Å². The Hall–Kier alpha value is -3.12. The van der Waals surface area contributed by atoms with Gasteiger partial charge in [-0.2, -0.15) is 0 Å². The number of amides is 1. The van der Waals surface area contributed by atoms with Gasteiger partial charge in [0.25, 0.3) is 0 Å². The minimum Gasteiger partial charge on any atom is -0.478 e. The van der Waals surface area contributed by atoms with Crippen LogP contribution in [0.5, 0.6) is 0 Å². The zero-order valence-corrected chi connectivity index (χ0v) is 23.2. The van der Waals surface area contributed by atoms with Crippen LogP contribution in [0, 0.1) is 5.92 Å². The lowest BCUT2D eigenvalue weighted by molar-refractivity contribution is 0.00785. The van der Waals surface area contributed by atoms with E-state index in [9.17, 15) is 14.7 Å². The standard InChI is InChI=1S/C32H42N2O4/c1-5-23(19-22-11-7-6-8-12-22)28-20-29(28)34(31(37)38-32(2,3)4)26-17-15-25(16-18-26)33-21-24-13-9-10-14-27(24)30(35)36/h6-14,19,25-26,28-29,33H,5,15-18,20-21H2,1-4H3,(H,35,36)/b23-19+/t25?,26?,28-,29+/m0/s1. The second-order valence-corrected chi connectivity index (χ2v) is 11.6. The fourth-order valence-electron chi connectivity index (χ4n) is 5.69. The lowest BCUT2D eigenvalue weighted by Crippen LogP contribution is -2.48. The molecule has 4 rings (SSSR count). The van der Waals surface area contributed by atoms with E-state index in [4.69, 9.17) is 4.74 Å². The molecule has 1 amide bonds. The molecule has 2 aromatic carbocycles. The van der Waals surface area contributed by atoms with Crippen LogP contribution < -0.4 is 5.32 Å². The number of hydrogen-bond donors (Lipinski definition) is 2. The van der Waals surface area contributed by atoms with Gasteiger partial charge in [-0.1, -0.05) is 67.1 Å². The summed E-state index contributed by atoms with van der Waals surface area (Å²) in [6.07, 6.45) is 7.73. The highest BCUT2D eigenvalue weighted by molar-refractivity contribution is 5.89. The molecule has 204 valence electrons. The maximum atomic E-state index is 13.5. The summed E-state index contributed by atoms with van der Waals surface area (Å²) < 4.78 is 5.90. The molecular weight excluding hydrogens is 476 g/mol. The highest BCUT2D eigenvalue weighted by Gasteiger charge is 2.49. The molecule has 2 N–H and O–H groups in total. The van der Waals surface area contributed by atoms with E-state index in [1.54, 1.807) is 12.1 Å². The third kappa shape index (κ3) is 7.25. The third-order valence-electron chi connectivity index (χ3n) is 7.67. The Morgan fingerprint density at radius 1 is 1.03 bits per heavy atom. The summed E-state index contributed by atoms with van der Waals surface area (Å²) in [6.45, 7) is 8.51. The minimum absolute atomic E-state index is 0.152. The molecule has 2 aliphatic rings. The van der Waals surface area contributed by atoms with Gasteiger partial charge in [0.05, 0.1) is 5.56 Å². The Bertz CT molecular complexity index is 1130. The fraction of sp³-hybridized carbons (Fsp3) is 0.500. The number of carboxylic acid groups (broad SMARTS) is 1. The highest BCUT2D eigenvalue weighted by atomic mass is 16.6. The van der Waals surface area contributed by atoms with Gasteiger partial charge in [-0.3, -0.25) is 0 Å². The molecule has 0 spiro atoms. The molecule has 6 heteroatoms. The van der Waals surface area contributed by atoms with Crippen molar-refractivity contribution in [2.24, 2.45) is 5.92 Å². The predicted molar refractivity (Wildman–Crippen MR) is 151 cm³/mol.